The summed E-state index contributed by atoms with van der Waals surface area (Å²) in [7, 11) is 1.99. The molecular formula is C17H20N2O. The van der Waals surface area contributed by atoms with Crippen LogP contribution in [0.3, 0.4) is 0 Å². The lowest BCUT2D eigenvalue weighted by molar-refractivity contribution is 0.0709. The third-order valence-corrected chi connectivity index (χ3v) is 4.21. The monoisotopic (exact) mass is 268 g/mol. The van der Waals surface area contributed by atoms with Crippen LogP contribution in [-0.2, 0) is 0 Å². The van der Waals surface area contributed by atoms with E-state index >= 15 is 0 Å². The van der Waals surface area contributed by atoms with Crippen LogP contribution in [0.15, 0.2) is 42.5 Å². The molecule has 1 N–H and O–H groups in total. The van der Waals surface area contributed by atoms with Gasteiger partial charge in [0.05, 0.1) is 0 Å². The minimum atomic E-state index is 0.163. The lowest BCUT2D eigenvalue weighted by atomic mass is 10.0. The lowest BCUT2D eigenvalue weighted by Crippen LogP contribution is -2.44. The number of rotatable bonds is 2. The molecule has 0 radical (unpaired) electrons. The summed E-state index contributed by atoms with van der Waals surface area (Å²) in [6.07, 6.45) is 2.07. The Labute approximate surface area is 119 Å². The second kappa shape index (κ2) is 5.63. The largest absolute Gasteiger partial charge is 0.339 e. The average molecular weight is 268 g/mol. The van der Waals surface area contributed by atoms with E-state index in [0.29, 0.717) is 6.04 Å². The smallest absolute Gasteiger partial charge is 0.254 e. The van der Waals surface area contributed by atoms with Gasteiger partial charge in [0.2, 0.25) is 0 Å². The molecule has 0 unspecified atom stereocenters. The first kappa shape index (κ1) is 13.1. The minimum absolute atomic E-state index is 0.163. The van der Waals surface area contributed by atoms with Gasteiger partial charge >= 0.3 is 0 Å². The zero-order valence-electron chi connectivity index (χ0n) is 11.8. The summed E-state index contributed by atoms with van der Waals surface area (Å²) in [6.45, 7) is 1.68. The number of nitrogens with zero attached hydrogens (tertiary/aromatic N) is 1. The SMILES string of the molecule is CNC1CCN(C(=O)c2cccc3ccccc23)CC1. The summed E-state index contributed by atoms with van der Waals surface area (Å²) in [5.74, 6) is 0.163. The van der Waals surface area contributed by atoms with Gasteiger partial charge in [-0.05, 0) is 36.7 Å². The normalized spacial score (nSPS) is 16.6. The van der Waals surface area contributed by atoms with Gasteiger partial charge < -0.3 is 10.2 Å². The number of likely N-dealkylation sites (tertiary alicyclic amines) is 1. The molecule has 3 nitrogen and oxygen atoms in total. The molecule has 1 heterocycles. The van der Waals surface area contributed by atoms with Gasteiger partial charge in [0.25, 0.3) is 5.91 Å². The van der Waals surface area contributed by atoms with Crippen molar-refractivity contribution in [2.45, 2.75) is 18.9 Å². The topological polar surface area (TPSA) is 32.3 Å². The van der Waals surface area contributed by atoms with Gasteiger partial charge in [0, 0.05) is 24.7 Å². The Balaban J connectivity index is 1.86. The van der Waals surface area contributed by atoms with Crippen molar-refractivity contribution < 1.29 is 4.79 Å². The number of nitrogens with one attached hydrogen (secondary N) is 1. The summed E-state index contributed by atoms with van der Waals surface area (Å²) in [6, 6.07) is 14.6. The van der Waals surface area contributed by atoms with Gasteiger partial charge in [0.1, 0.15) is 0 Å². The van der Waals surface area contributed by atoms with E-state index in [9.17, 15) is 4.79 Å². The highest BCUT2D eigenvalue weighted by Gasteiger charge is 2.23. The molecule has 2 aromatic carbocycles. The molecule has 3 heteroatoms. The molecule has 2 aromatic rings. The summed E-state index contributed by atoms with van der Waals surface area (Å²) >= 11 is 0. The molecule has 20 heavy (non-hydrogen) atoms. The molecule has 0 atom stereocenters. The number of hydrogen-bond donors (Lipinski definition) is 1. The van der Waals surface area contributed by atoms with Crippen LogP contribution in [0.4, 0.5) is 0 Å². The van der Waals surface area contributed by atoms with E-state index in [0.717, 1.165) is 42.3 Å². The number of carbonyl (C=O) groups excluding carboxylic acids is 1. The van der Waals surface area contributed by atoms with Crippen molar-refractivity contribution in [2.24, 2.45) is 0 Å². The Kier molecular flexibility index (Phi) is 3.70. The fraction of sp³-hybridized carbons (Fsp3) is 0.353. The van der Waals surface area contributed by atoms with Crippen LogP contribution in [0.2, 0.25) is 0 Å². The Bertz CT molecular complexity index is 610. The molecule has 0 saturated carbocycles. The first-order valence-electron chi connectivity index (χ1n) is 7.24. The molecule has 104 valence electrons. The Morgan fingerprint density at radius 3 is 2.55 bits per heavy atom. The van der Waals surface area contributed by atoms with Crippen LogP contribution < -0.4 is 5.32 Å². The van der Waals surface area contributed by atoms with E-state index in [2.05, 4.69) is 17.4 Å². The number of benzene rings is 2. The predicted molar refractivity (Wildman–Crippen MR) is 81.9 cm³/mol. The standard InChI is InChI=1S/C17H20N2O/c1-18-14-9-11-19(12-10-14)17(20)16-8-4-6-13-5-2-3-7-15(13)16/h2-8,14,18H,9-12H2,1H3. The summed E-state index contributed by atoms with van der Waals surface area (Å²) < 4.78 is 0. The summed E-state index contributed by atoms with van der Waals surface area (Å²) in [5, 5.41) is 5.47. The molecule has 0 bridgehead atoms. The van der Waals surface area contributed by atoms with Crippen LogP contribution in [0.5, 0.6) is 0 Å². The Morgan fingerprint density at radius 2 is 1.80 bits per heavy atom. The van der Waals surface area contributed by atoms with Gasteiger partial charge in [-0.2, -0.15) is 0 Å². The second-order valence-corrected chi connectivity index (χ2v) is 5.38. The fourth-order valence-corrected chi connectivity index (χ4v) is 2.95. The van der Waals surface area contributed by atoms with Crippen molar-refractivity contribution >= 4 is 16.7 Å². The first-order chi connectivity index (χ1) is 9.79. The van der Waals surface area contributed by atoms with Crippen molar-refractivity contribution in [1.82, 2.24) is 10.2 Å². The summed E-state index contributed by atoms with van der Waals surface area (Å²) in [5.41, 5.74) is 0.825. The molecule has 0 aliphatic carbocycles. The van der Waals surface area contributed by atoms with Crippen molar-refractivity contribution in [3.8, 4) is 0 Å². The number of amides is 1. The van der Waals surface area contributed by atoms with Gasteiger partial charge in [-0.1, -0.05) is 36.4 Å². The fourth-order valence-electron chi connectivity index (χ4n) is 2.95. The lowest BCUT2D eigenvalue weighted by Gasteiger charge is -2.32. The van der Waals surface area contributed by atoms with Crippen LogP contribution >= 0.6 is 0 Å². The maximum Gasteiger partial charge on any atom is 0.254 e. The highest BCUT2D eigenvalue weighted by atomic mass is 16.2. The molecule has 1 aliphatic rings. The van der Waals surface area contributed by atoms with Gasteiger partial charge in [0.15, 0.2) is 0 Å². The molecule has 1 aliphatic heterocycles. The van der Waals surface area contributed by atoms with Gasteiger partial charge in [-0.3, -0.25) is 4.79 Å². The van der Waals surface area contributed by atoms with Crippen molar-refractivity contribution in [2.75, 3.05) is 20.1 Å². The highest BCUT2D eigenvalue weighted by molar-refractivity contribution is 6.07. The maximum absolute atomic E-state index is 12.7. The summed E-state index contributed by atoms with van der Waals surface area (Å²) in [4.78, 5) is 14.7. The van der Waals surface area contributed by atoms with Crippen LogP contribution in [0.25, 0.3) is 10.8 Å². The Hall–Kier alpha value is -1.87. The molecule has 1 amide bonds. The number of fused-ring (bicyclic) bond motifs is 1. The molecule has 1 saturated heterocycles. The average Bonchev–Trinajstić information content (AvgIpc) is 2.54. The second-order valence-electron chi connectivity index (χ2n) is 5.38. The molecule has 3 rings (SSSR count). The maximum atomic E-state index is 12.7. The minimum Gasteiger partial charge on any atom is -0.339 e. The van der Waals surface area contributed by atoms with E-state index in [-0.39, 0.29) is 5.91 Å². The number of piperidine rings is 1. The number of carbonyl (C=O) groups is 1. The van der Waals surface area contributed by atoms with E-state index in [1.165, 1.54) is 0 Å². The van der Waals surface area contributed by atoms with Crippen molar-refractivity contribution in [3.63, 3.8) is 0 Å². The van der Waals surface area contributed by atoms with E-state index in [1.807, 2.05) is 42.3 Å². The quantitative estimate of drug-likeness (QED) is 0.908. The molecular weight excluding hydrogens is 248 g/mol. The molecule has 1 fully saturated rings. The van der Waals surface area contributed by atoms with Crippen LogP contribution in [0, 0.1) is 0 Å². The van der Waals surface area contributed by atoms with Crippen molar-refractivity contribution in [3.05, 3.63) is 48.0 Å². The van der Waals surface area contributed by atoms with E-state index < -0.39 is 0 Å². The highest BCUT2D eigenvalue weighted by Crippen LogP contribution is 2.21. The number of hydrogen-bond acceptors (Lipinski definition) is 2. The van der Waals surface area contributed by atoms with Crippen LogP contribution in [-0.4, -0.2) is 37.0 Å². The first-order valence-corrected chi connectivity index (χ1v) is 7.24. The predicted octanol–water partition coefficient (Wildman–Crippen LogP) is 2.66. The molecule has 0 spiro atoms. The Morgan fingerprint density at radius 1 is 1.10 bits per heavy atom. The van der Waals surface area contributed by atoms with E-state index in [4.69, 9.17) is 0 Å². The van der Waals surface area contributed by atoms with Crippen molar-refractivity contribution in [1.29, 1.82) is 0 Å². The third kappa shape index (κ3) is 2.41. The third-order valence-electron chi connectivity index (χ3n) is 4.21. The zero-order chi connectivity index (χ0) is 13.9. The van der Waals surface area contributed by atoms with Gasteiger partial charge in [-0.15, -0.1) is 0 Å². The van der Waals surface area contributed by atoms with E-state index in [1.54, 1.807) is 0 Å². The molecule has 0 aromatic heterocycles. The van der Waals surface area contributed by atoms with Crippen LogP contribution in [0.1, 0.15) is 23.2 Å². The zero-order valence-corrected chi connectivity index (χ0v) is 11.8. The van der Waals surface area contributed by atoms with Gasteiger partial charge in [-0.25, -0.2) is 0 Å².